The van der Waals surface area contributed by atoms with Gasteiger partial charge in [0.05, 0.1) is 17.8 Å². The fourth-order valence-corrected chi connectivity index (χ4v) is 2.02. The van der Waals surface area contributed by atoms with Gasteiger partial charge < -0.3 is 10.5 Å². The van der Waals surface area contributed by atoms with E-state index in [9.17, 15) is 0 Å². The first-order valence-electron chi connectivity index (χ1n) is 4.79. The van der Waals surface area contributed by atoms with Crippen molar-refractivity contribution >= 4 is 29.1 Å². The molecule has 0 aliphatic heterocycles. The molecule has 0 atom stereocenters. The van der Waals surface area contributed by atoms with Crippen molar-refractivity contribution in [1.29, 1.82) is 0 Å². The number of aromatic nitrogens is 2. The van der Waals surface area contributed by atoms with Gasteiger partial charge in [0.25, 0.3) is 0 Å². The Balaban J connectivity index is 2.21. The van der Waals surface area contributed by atoms with Crippen LogP contribution in [-0.4, -0.2) is 17.1 Å². The first kappa shape index (κ1) is 12.0. The minimum Gasteiger partial charge on any atom is -0.480 e. The van der Waals surface area contributed by atoms with Gasteiger partial charge in [0.2, 0.25) is 5.88 Å². The van der Waals surface area contributed by atoms with Crippen molar-refractivity contribution in [3.05, 3.63) is 35.5 Å². The normalized spacial score (nSPS) is 10.2. The van der Waals surface area contributed by atoms with Crippen molar-refractivity contribution in [3.63, 3.8) is 0 Å². The smallest absolute Gasteiger partial charge is 0.237 e. The highest BCUT2D eigenvalue weighted by atomic mass is 35.5. The van der Waals surface area contributed by atoms with Crippen LogP contribution in [0.4, 0.5) is 5.69 Å². The predicted octanol–water partition coefficient (Wildman–Crippen LogP) is 2.87. The Labute approximate surface area is 108 Å². The van der Waals surface area contributed by atoms with Crippen molar-refractivity contribution in [2.24, 2.45) is 0 Å². The summed E-state index contributed by atoms with van der Waals surface area (Å²) in [4.78, 5) is 8.42. The molecule has 0 amide bonds. The third-order valence-corrected chi connectivity index (χ3v) is 3.08. The van der Waals surface area contributed by atoms with E-state index < -0.39 is 0 Å². The summed E-state index contributed by atoms with van der Waals surface area (Å²) in [6.07, 6.45) is 1.60. The highest BCUT2D eigenvalue weighted by Crippen LogP contribution is 2.28. The van der Waals surface area contributed by atoms with E-state index in [4.69, 9.17) is 22.1 Å². The van der Waals surface area contributed by atoms with Crippen molar-refractivity contribution in [2.45, 2.75) is 10.1 Å². The van der Waals surface area contributed by atoms with Gasteiger partial charge in [-0.25, -0.2) is 9.97 Å². The molecule has 0 aromatic carbocycles. The lowest BCUT2D eigenvalue weighted by atomic mass is 10.4. The number of rotatable bonds is 3. The molecule has 6 heteroatoms. The molecule has 0 aliphatic carbocycles. The topological polar surface area (TPSA) is 61.0 Å². The Morgan fingerprint density at radius 3 is 2.65 bits per heavy atom. The Hall–Kier alpha value is -1.46. The minimum atomic E-state index is 0.420. The lowest BCUT2D eigenvalue weighted by Crippen LogP contribution is -1.95. The summed E-state index contributed by atoms with van der Waals surface area (Å²) < 4.78 is 5.05. The third kappa shape index (κ3) is 3.01. The van der Waals surface area contributed by atoms with Crippen LogP contribution in [0.1, 0.15) is 0 Å². The second kappa shape index (κ2) is 5.25. The fraction of sp³-hybridized carbons (Fsp3) is 0.0909. The second-order valence-corrected chi connectivity index (χ2v) is 4.64. The number of hydrogen-bond acceptors (Lipinski definition) is 5. The average Bonchev–Trinajstić information content (AvgIpc) is 2.34. The zero-order valence-electron chi connectivity index (χ0n) is 9.05. The zero-order valence-corrected chi connectivity index (χ0v) is 10.6. The summed E-state index contributed by atoms with van der Waals surface area (Å²) in [6.45, 7) is 0. The number of anilines is 1. The molecule has 4 nitrogen and oxygen atoms in total. The Kier molecular flexibility index (Phi) is 3.71. The molecule has 0 radical (unpaired) electrons. The molecule has 88 valence electrons. The van der Waals surface area contributed by atoms with Gasteiger partial charge >= 0.3 is 0 Å². The molecule has 0 spiro atoms. The van der Waals surface area contributed by atoms with Crippen LogP contribution in [0.2, 0.25) is 5.02 Å². The summed E-state index contributed by atoms with van der Waals surface area (Å²) >= 11 is 7.18. The van der Waals surface area contributed by atoms with Crippen LogP contribution in [-0.2, 0) is 0 Å². The first-order valence-corrected chi connectivity index (χ1v) is 5.98. The molecule has 0 bridgehead atoms. The van der Waals surface area contributed by atoms with Crippen molar-refractivity contribution in [2.75, 3.05) is 12.8 Å². The molecule has 2 N–H and O–H groups in total. The van der Waals surface area contributed by atoms with Crippen LogP contribution in [0.15, 0.2) is 40.5 Å². The largest absolute Gasteiger partial charge is 0.480 e. The van der Waals surface area contributed by atoms with E-state index in [1.54, 1.807) is 18.3 Å². The van der Waals surface area contributed by atoms with Gasteiger partial charge in [-0.2, -0.15) is 0 Å². The Bertz CT molecular complexity index is 519. The van der Waals surface area contributed by atoms with Crippen molar-refractivity contribution < 1.29 is 4.74 Å². The van der Waals surface area contributed by atoms with E-state index in [1.807, 2.05) is 12.1 Å². The van der Waals surface area contributed by atoms with E-state index in [-0.39, 0.29) is 0 Å². The average molecular weight is 268 g/mol. The molecule has 0 fully saturated rings. The zero-order chi connectivity index (χ0) is 12.3. The molecule has 2 heterocycles. The number of hydrogen-bond donors (Lipinski definition) is 1. The van der Waals surface area contributed by atoms with Gasteiger partial charge in [-0.3, -0.25) is 0 Å². The molecular formula is C11H10ClN3OS. The maximum absolute atomic E-state index is 5.76. The SMILES string of the molecule is COc1nc(Sc2ccc(Cl)cn2)ccc1N. The second-order valence-electron chi connectivity index (χ2n) is 3.16. The molecule has 2 rings (SSSR count). The number of methoxy groups -OCH3 is 1. The summed E-state index contributed by atoms with van der Waals surface area (Å²) in [6, 6.07) is 7.19. The summed E-state index contributed by atoms with van der Waals surface area (Å²) in [5.74, 6) is 0.420. The number of nitrogen functional groups attached to an aromatic ring is 1. The maximum Gasteiger partial charge on any atom is 0.237 e. The van der Waals surface area contributed by atoms with E-state index in [1.165, 1.54) is 18.9 Å². The molecule has 17 heavy (non-hydrogen) atoms. The van der Waals surface area contributed by atoms with Gasteiger partial charge in [0, 0.05) is 6.20 Å². The number of halogens is 1. The van der Waals surface area contributed by atoms with Crippen molar-refractivity contribution in [3.8, 4) is 5.88 Å². The monoisotopic (exact) mass is 267 g/mol. The van der Waals surface area contributed by atoms with Gasteiger partial charge in [-0.05, 0) is 36.0 Å². The van der Waals surface area contributed by atoms with Gasteiger partial charge in [-0.1, -0.05) is 11.6 Å². The van der Waals surface area contributed by atoms with Gasteiger partial charge in [-0.15, -0.1) is 0 Å². The molecule has 0 saturated carbocycles. The highest BCUT2D eigenvalue weighted by molar-refractivity contribution is 7.99. The third-order valence-electron chi connectivity index (χ3n) is 1.97. The molecule has 2 aromatic heterocycles. The highest BCUT2D eigenvalue weighted by Gasteiger charge is 2.05. The number of ether oxygens (including phenoxy) is 1. The lowest BCUT2D eigenvalue weighted by molar-refractivity contribution is 0.397. The van der Waals surface area contributed by atoms with Crippen LogP contribution in [0.5, 0.6) is 5.88 Å². The summed E-state index contributed by atoms with van der Waals surface area (Å²) in [5.41, 5.74) is 6.20. The molecule has 0 saturated heterocycles. The predicted molar refractivity (Wildman–Crippen MR) is 68.6 cm³/mol. The molecule has 2 aromatic rings. The van der Waals surface area contributed by atoms with E-state index in [0.717, 1.165) is 10.1 Å². The Morgan fingerprint density at radius 1 is 1.24 bits per heavy atom. The quantitative estimate of drug-likeness (QED) is 0.927. The standard InChI is InChI=1S/C11H10ClN3OS/c1-16-11-8(13)3-5-10(15-11)17-9-4-2-7(12)6-14-9/h2-6H,13H2,1H3. The molecular weight excluding hydrogens is 258 g/mol. The number of nitrogens with two attached hydrogens (primary N) is 1. The van der Waals surface area contributed by atoms with Crippen LogP contribution in [0.3, 0.4) is 0 Å². The van der Waals surface area contributed by atoms with Crippen molar-refractivity contribution in [1.82, 2.24) is 9.97 Å². The first-order chi connectivity index (χ1) is 8.19. The number of nitrogens with zero attached hydrogens (tertiary/aromatic N) is 2. The van der Waals surface area contributed by atoms with Crippen LogP contribution < -0.4 is 10.5 Å². The van der Waals surface area contributed by atoms with Crippen LogP contribution >= 0.6 is 23.4 Å². The molecule has 0 aliphatic rings. The van der Waals surface area contributed by atoms with E-state index >= 15 is 0 Å². The van der Waals surface area contributed by atoms with Gasteiger partial charge in [0.1, 0.15) is 10.1 Å². The minimum absolute atomic E-state index is 0.420. The molecule has 0 unspecified atom stereocenters. The summed E-state index contributed by atoms with van der Waals surface area (Å²) in [5, 5.41) is 2.19. The lowest BCUT2D eigenvalue weighted by Gasteiger charge is -2.05. The van der Waals surface area contributed by atoms with Crippen LogP contribution in [0.25, 0.3) is 0 Å². The fourth-order valence-electron chi connectivity index (χ4n) is 1.18. The Morgan fingerprint density at radius 2 is 2.00 bits per heavy atom. The summed E-state index contributed by atoms with van der Waals surface area (Å²) in [7, 11) is 1.54. The van der Waals surface area contributed by atoms with Gasteiger partial charge in [0.15, 0.2) is 0 Å². The van der Waals surface area contributed by atoms with Crippen LogP contribution in [0, 0.1) is 0 Å². The maximum atomic E-state index is 5.76. The number of pyridine rings is 2. The van der Waals surface area contributed by atoms with E-state index in [0.29, 0.717) is 16.6 Å². The van der Waals surface area contributed by atoms with E-state index in [2.05, 4.69) is 9.97 Å².